The number of carbonyl (C=O) groups excluding carboxylic acids is 2. The van der Waals surface area contributed by atoms with Crippen molar-refractivity contribution in [3.05, 3.63) is 65.3 Å². The Morgan fingerprint density at radius 1 is 1.19 bits per heavy atom. The lowest BCUT2D eigenvalue weighted by molar-refractivity contribution is -0.139. The lowest BCUT2D eigenvalue weighted by atomic mass is 9.73. The van der Waals surface area contributed by atoms with Crippen LogP contribution in [0.25, 0.3) is 0 Å². The topological polar surface area (TPSA) is 67.2 Å². The first-order chi connectivity index (χ1) is 14.9. The number of likely N-dealkylation sites (tertiary alicyclic amines) is 1. The van der Waals surface area contributed by atoms with E-state index in [2.05, 4.69) is 35.4 Å². The van der Waals surface area contributed by atoms with Gasteiger partial charge in [0.15, 0.2) is 0 Å². The standard InChI is InChI=1S/C25H32N4O2/c1-18(21-12-8-5-9-13-21)27-24(31)25(14-20-10-6-4-7-11-20)15-29(16-25)23(30)22-19(2)26-17-28(22)3/h4,6-7,10-12,17-18H,5,8-9,13-16H2,1-3H3,(H,27,31). The minimum absolute atomic E-state index is 0.0320. The highest BCUT2D eigenvalue weighted by Gasteiger charge is 2.51. The third kappa shape index (κ3) is 4.29. The molecule has 0 radical (unpaired) electrons. The molecule has 1 saturated heterocycles. The molecule has 0 bridgehead atoms. The molecule has 1 aromatic heterocycles. The highest BCUT2D eigenvalue weighted by Crippen LogP contribution is 2.36. The number of imidazole rings is 1. The van der Waals surface area contributed by atoms with Gasteiger partial charge < -0.3 is 14.8 Å². The van der Waals surface area contributed by atoms with Gasteiger partial charge in [-0.15, -0.1) is 0 Å². The van der Waals surface area contributed by atoms with Crippen LogP contribution in [-0.2, 0) is 18.3 Å². The fourth-order valence-corrected chi connectivity index (χ4v) is 4.85. The molecule has 1 unspecified atom stereocenters. The largest absolute Gasteiger partial charge is 0.349 e. The molecular formula is C25H32N4O2. The van der Waals surface area contributed by atoms with Gasteiger partial charge in [0.1, 0.15) is 5.69 Å². The first-order valence-electron chi connectivity index (χ1n) is 11.2. The lowest BCUT2D eigenvalue weighted by Gasteiger charge is -2.49. The molecule has 0 spiro atoms. The number of hydrogen-bond acceptors (Lipinski definition) is 3. The molecular weight excluding hydrogens is 388 g/mol. The fraction of sp³-hybridized carbons (Fsp3) is 0.480. The smallest absolute Gasteiger partial charge is 0.272 e. The summed E-state index contributed by atoms with van der Waals surface area (Å²) in [7, 11) is 1.83. The predicted molar refractivity (Wildman–Crippen MR) is 121 cm³/mol. The molecule has 6 nitrogen and oxygen atoms in total. The average Bonchev–Trinajstić information content (AvgIpc) is 3.09. The molecule has 1 fully saturated rings. The lowest BCUT2D eigenvalue weighted by Crippen LogP contribution is -2.66. The van der Waals surface area contributed by atoms with Crippen LogP contribution in [0.2, 0.25) is 0 Å². The van der Waals surface area contributed by atoms with E-state index in [4.69, 9.17) is 0 Å². The van der Waals surface area contributed by atoms with Crippen LogP contribution in [0, 0.1) is 12.3 Å². The van der Waals surface area contributed by atoms with Crippen molar-refractivity contribution in [3.8, 4) is 0 Å². The summed E-state index contributed by atoms with van der Waals surface area (Å²) in [6.45, 7) is 4.76. The number of benzene rings is 1. The van der Waals surface area contributed by atoms with Gasteiger partial charge in [-0.1, -0.05) is 42.0 Å². The summed E-state index contributed by atoms with van der Waals surface area (Å²) in [6, 6.07) is 10.1. The fourth-order valence-electron chi connectivity index (χ4n) is 4.85. The van der Waals surface area contributed by atoms with E-state index in [1.54, 1.807) is 15.8 Å². The Labute approximate surface area is 184 Å². The van der Waals surface area contributed by atoms with Crippen molar-refractivity contribution in [2.24, 2.45) is 12.5 Å². The zero-order chi connectivity index (χ0) is 22.0. The first-order valence-corrected chi connectivity index (χ1v) is 11.2. The van der Waals surface area contributed by atoms with Gasteiger partial charge in [-0.3, -0.25) is 9.59 Å². The Bertz CT molecular complexity index is 967. The molecule has 1 aliphatic heterocycles. The Morgan fingerprint density at radius 3 is 2.55 bits per heavy atom. The van der Waals surface area contributed by atoms with Crippen LogP contribution in [0.3, 0.4) is 0 Å². The molecule has 1 N–H and O–H groups in total. The van der Waals surface area contributed by atoms with Gasteiger partial charge in [-0.2, -0.15) is 0 Å². The number of aryl methyl sites for hydroxylation is 2. The predicted octanol–water partition coefficient (Wildman–Crippen LogP) is 3.42. The molecule has 6 heteroatoms. The number of carbonyl (C=O) groups is 2. The maximum absolute atomic E-state index is 13.5. The Hall–Kier alpha value is -2.89. The quantitative estimate of drug-likeness (QED) is 0.728. The molecule has 2 heterocycles. The average molecular weight is 421 g/mol. The summed E-state index contributed by atoms with van der Waals surface area (Å²) in [5, 5.41) is 3.27. The molecule has 2 aliphatic rings. The normalized spacial score (nSPS) is 18.7. The van der Waals surface area contributed by atoms with Gasteiger partial charge in [-0.25, -0.2) is 4.98 Å². The molecule has 1 aliphatic carbocycles. The van der Waals surface area contributed by atoms with Gasteiger partial charge >= 0.3 is 0 Å². The number of hydrogen-bond donors (Lipinski definition) is 1. The minimum atomic E-state index is -0.604. The molecule has 2 amide bonds. The summed E-state index contributed by atoms with van der Waals surface area (Å²) in [6.07, 6.45) is 9.13. The zero-order valence-corrected chi connectivity index (χ0v) is 18.7. The van der Waals surface area contributed by atoms with E-state index in [9.17, 15) is 9.59 Å². The summed E-state index contributed by atoms with van der Waals surface area (Å²) in [5.74, 6) is -0.0156. The van der Waals surface area contributed by atoms with Crippen molar-refractivity contribution in [2.75, 3.05) is 13.1 Å². The van der Waals surface area contributed by atoms with Gasteiger partial charge in [0.2, 0.25) is 5.91 Å². The number of aromatic nitrogens is 2. The van der Waals surface area contributed by atoms with Crippen LogP contribution in [0.5, 0.6) is 0 Å². The SMILES string of the molecule is Cc1ncn(C)c1C(=O)N1CC(Cc2ccccc2)(C(=O)NC(C)C2=CCCCC2)C1. The Morgan fingerprint density at radius 2 is 1.94 bits per heavy atom. The van der Waals surface area contributed by atoms with Crippen molar-refractivity contribution in [1.29, 1.82) is 0 Å². The van der Waals surface area contributed by atoms with E-state index < -0.39 is 5.41 Å². The molecule has 0 saturated carbocycles. The number of nitrogens with zero attached hydrogens (tertiary/aromatic N) is 3. The van der Waals surface area contributed by atoms with Gasteiger partial charge in [-0.05, 0) is 51.5 Å². The summed E-state index contributed by atoms with van der Waals surface area (Å²) < 4.78 is 1.76. The molecule has 2 aromatic rings. The summed E-state index contributed by atoms with van der Waals surface area (Å²) in [5.41, 5.74) is 3.15. The second kappa shape index (κ2) is 8.69. The van der Waals surface area contributed by atoms with E-state index in [1.165, 1.54) is 18.4 Å². The van der Waals surface area contributed by atoms with E-state index in [-0.39, 0.29) is 17.9 Å². The number of amides is 2. The van der Waals surface area contributed by atoms with Crippen molar-refractivity contribution in [3.63, 3.8) is 0 Å². The van der Waals surface area contributed by atoms with E-state index >= 15 is 0 Å². The number of rotatable bonds is 6. The second-order valence-electron chi connectivity index (χ2n) is 9.11. The van der Waals surface area contributed by atoms with E-state index in [1.807, 2.05) is 32.2 Å². The maximum Gasteiger partial charge on any atom is 0.272 e. The third-order valence-electron chi connectivity index (χ3n) is 6.69. The molecule has 1 atom stereocenters. The second-order valence-corrected chi connectivity index (χ2v) is 9.11. The minimum Gasteiger partial charge on any atom is -0.349 e. The Kier molecular flexibility index (Phi) is 5.99. The maximum atomic E-state index is 13.5. The highest BCUT2D eigenvalue weighted by atomic mass is 16.2. The van der Waals surface area contributed by atoms with Crippen molar-refractivity contribution in [1.82, 2.24) is 19.8 Å². The molecule has 164 valence electrons. The number of allylic oxidation sites excluding steroid dienone is 1. The van der Waals surface area contributed by atoms with Crippen LogP contribution in [0.4, 0.5) is 0 Å². The molecule has 1 aromatic carbocycles. The molecule has 31 heavy (non-hydrogen) atoms. The van der Waals surface area contributed by atoms with Gasteiger partial charge in [0, 0.05) is 26.2 Å². The van der Waals surface area contributed by atoms with Crippen LogP contribution in [-0.4, -0.2) is 45.4 Å². The van der Waals surface area contributed by atoms with Crippen LogP contribution >= 0.6 is 0 Å². The van der Waals surface area contributed by atoms with Crippen molar-refractivity contribution >= 4 is 11.8 Å². The van der Waals surface area contributed by atoms with Crippen molar-refractivity contribution < 1.29 is 9.59 Å². The molecule has 4 rings (SSSR count). The van der Waals surface area contributed by atoms with E-state index in [0.717, 1.165) is 24.1 Å². The Balaban J connectivity index is 1.52. The van der Waals surface area contributed by atoms with Crippen LogP contribution in [0.15, 0.2) is 48.3 Å². The summed E-state index contributed by atoms with van der Waals surface area (Å²) >= 11 is 0. The van der Waals surface area contributed by atoms with Crippen LogP contribution in [0.1, 0.15) is 54.4 Å². The number of nitrogens with one attached hydrogen (secondary N) is 1. The summed E-state index contributed by atoms with van der Waals surface area (Å²) in [4.78, 5) is 32.6. The van der Waals surface area contributed by atoms with Crippen LogP contribution < -0.4 is 5.32 Å². The zero-order valence-electron chi connectivity index (χ0n) is 18.7. The van der Waals surface area contributed by atoms with Crippen molar-refractivity contribution in [2.45, 2.75) is 52.0 Å². The first kappa shape index (κ1) is 21.3. The third-order valence-corrected chi connectivity index (χ3v) is 6.69. The highest BCUT2D eigenvalue weighted by molar-refractivity contribution is 5.96. The van der Waals surface area contributed by atoms with Gasteiger partial charge in [0.05, 0.1) is 17.4 Å². The monoisotopic (exact) mass is 420 g/mol. The van der Waals surface area contributed by atoms with E-state index in [0.29, 0.717) is 25.2 Å². The van der Waals surface area contributed by atoms with Gasteiger partial charge in [0.25, 0.3) is 5.91 Å².